The van der Waals surface area contributed by atoms with Gasteiger partial charge in [0.1, 0.15) is 5.75 Å². The predicted octanol–water partition coefficient (Wildman–Crippen LogP) is 4.84. The van der Waals surface area contributed by atoms with Crippen LogP contribution in [0.15, 0.2) is 66.7 Å². The first-order chi connectivity index (χ1) is 12.6. The average molecular weight is 347 g/mol. The summed E-state index contributed by atoms with van der Waals surface area (Å²) in [7, 11) is 0. The number of carbonyl (C=O) groups is 1. The highest BCUT2D eigenvalue weighted by molar-refractivity contribution is 5.89. The van der Waals surface area contributed by atoms with Gasteiger partial charge < -0.3 is 10.4 Å². The normalized spacial score (nSPS) is 12.3. The van der Waals surface area contributed by atoms with Crippen LogP contribution in [0.4, 0.5) is 0 Å². The average Bonchev–Trinajstić information content (AvgIpc) is 2.65. The van der Waals surface area contributed by atoms with E-state index in [9.17, 15) is 9.90 Å². The Hall–Kier alpha value is -2.81. The molecule has 3 heteroatoms. The molecule has 0 aliphatic heterocycles. The van der Waals surface area contributed by atoms with Crippen molar-refractivity contribution in [1.82, 2.24) is 5.32 Å². The molecule has 0 radical (unpaired) electrons. The largest absolute Gasteiger partial charge is 0.508 e. The van der Waals surface area contributed by atoms with Crippen LogP contribution in [0.3, 0.4) is 0 Å². The van der Waals surface area contributed by atoms with E-state index in [1.807, 2.05) is 60.7 Å². The number of hydrogen-bond donors (Lipinski definition) is 2. The summed E-state index contributed by atoms with van der Waals surface area (Å²) >= 11 is 0. The molecule has 0 spiro atoms. The minimum Gasteiger partial charge on any atom is -0.508 e. The smallest absolute Gasteiger partial charge is 0.220 e. The third-order valence-electron chi connectivity index (χ3n) is 4.60. The number of aromatic hydroxyl groups is 1. The lowest BCUT2D eigenvalue weighted by Gasteiger charge is -2.21. The van der Waals surface area contributed by atoms with E-state index in [2.05, 4.69) is 19.2 Å². The van der Waals surface area contributed by atoms with Crippen molar-refractivity contribution in [2.24, 2.45) is 5.92 Å². The maximum Gasteiger partial charge on any atom is 0.220 e. The van der Waals surface area contributed by atoms with Gasteiger partial charge >= 0.3 is 0 Å². The number of fused-ring (bicyclic) bond motifs is 1. The van der Waals surface area contributed by atoms with Crippen molar-refractivity contribution in [1.29, 1.82) is 0 Å². The number of hydrogen-bond acceptors (Lipinski definition) is 2. The molecule has 3 aromatic rings. The molecule has 1 amide bonds. The molecule has 2 N–H and O–H groups in total. The summed E-state index contributed by atoms with van der Waals surface area (Å²) in [4.78, 5) is 12.6. The van der Waals surface area contributed by atoms with Gasteiger partial charge in [-0.1, -0.05) is 74.5 Å². The zero-order chi connectivity index (χ0) is 18.5. The zero-order valence-corrected chi connectivity index (χ0v) is 15.3. The summed E-state index contributed by atoms with van der Waals surface area (Å²) in [6.45, 7) is 4.80. The van der Waals surface area contributed by atoms with Gasteiger partial charge in [0.2, 0.25) is 5.91 Å². The van der Waals surface area contributed by atoms with Crippen LogP contribution in [-0.2, 0) is 4.79 Å². The van der Waals surface area contributed by atoms with Crippen molar-refractivity contribution in [3.8, 4) is 5.75 Å². The molecule has 0 aliphatic rings. The number of phenolic OH excluding ortho intramolecular Hbond substituents is 1. The summed E-state index contributed by atoms with van der Waals surface area (Å²) in [6, 6.07) is 21.5. The molecule has 0 saturated heterocycles. The van der Waals surface area contributed by atoms with E-state index in [4.69, 9.17) is 0 Å². The second-order valence-electron chi connectivity index (χ2n) is 7.08. The molecule has 0 saturated carbocycles. The van der Waals surface area contributed by atoms with E-state index in [1.165, 1.54) is 0 Å². The molecule has 3 rings (SSSR count). The molecule has 0 unspecified atom stereocenters. The highest BCUT2D eigenvalue weighted by atomic mass is 16.3. The molecule has 0 aromatic heterocycles. The Morgan fingerprint density at radius 2 is 1.65 bits per heavy atom. The third-order valence-corrected chi connectivity index (χ3v) is 4.60. The summed E-state index contributed by atoms with van der Waals surface area (Å²) < 4.78 is 0. The van der Waals surface area contributed by atoms with Gasteiger partial charge in [0.05, 0.1) is 0 Å². The summed E-state index contributed by atoms with van der Waals surface area (Å²) in [5, 5.41) is 15.7. The van der Waals surface area contributed by atoms with Gasteiger partial charge in [-0.05, 0) is 28.3 Å². The van der Waals surface area contributed by atoms with E-state index < -0.39 is 0 Å². The van der Waals surface area contributed by atoms with Crippen LogP contribution < -0.4 is 5.32 Å². The maximum absolute atomic E-state index is 12.6. The van der Waals surface area contributed by atoms with Crippen LogP contribution >= 0.6 is 0 Å². The fourth-order valence-electron chi connectivity index (χ4n) is 3.30. The van der Waals surface area contributed by atoms with Gasteiger partial charge in [0, 0.05) is 24.4 Å². The van der Waals surface area contributed by atoms with Crippen LogP contribution in [0.1, 0.15) is 37.3 Å². The van der Waals surface area contributed by atoms with Gasteiger partial charge in [0.25, 0.3) is 0 Å². The van der Waals surface area contributed by atoms with Gasteiger partial charge in [-0.25, -0.2) is 0 Å². The summed E-state index contributed by atoms with van der Waals surface area (Å²) in [6.07, 6.45) is 0.304. The Morgan fingerprint density at radius 1 is 0.962 bits per heavy atom. The lowest BCUT2D eigenvalue weighted by molar-refractivity contribution is -0.121. The quantitative estimate of drug-likeness (QED) is 0.670. The summed E-state index contributed by atoms with van der Waals surface area (Å²) in [5.41, 5.74) is 1.84. The molecule has 1 atom stereocenters. The van der Waals surface area contributed by atoms with Crippen LogP contribution in [0, 0.1) is 5.92 Å². The number of amides is 1. The molecule has 0 fully saturated rings. The van der Waals surface area contributed by atoms with Crippen molar-refractivity contribution in [3.05, 3.63) is 77.9 Å². The Kier molecular flexibility index (Phi) is 5.57. The molecule has 3 nitrogen and oxygen atoms in total. The number of nitrogens with one attached hydrogen (secondary N) is 1. The molecule has 0 aliphatic carbocycles. The molecular formula is C23H25NO2. The SMILES string of the molecule is CC(C)CNC(=O)C[C@@H](c1ccccc1)c1c(O)ccc2ccccc12. The minimum atomic E-state index is -0.200. The van der Waals surface area contributed by atoms with Gasteiger partial charge in [-0.2, -0.15) is 0 Å². The number of phenols is 1. The second kappa shape index (κ2) is 8.05. The van der Waals surface area contributed by atoms with E-state index in [0.29, 0.717) is 18.9 Å². The lowest BCUT2D eigenvalue weighted by Crippen LogP contribution is -2.28. The van der Waals surface area contributed by atoms with Crippen LogP contribution in [0.2, 0.25) is 0 Å². The third kappa shape index (κ3) is 4.05. The second-order valence-corrected chi connectivity index (χ2v) is 7.08. The molecule has 134 valence electrons. The molecular weight excluding hydrogens is 322 g/mol. The summed E-state index contributed by atoms with van der Waals surface area (Å²) in [5.74, 6) is 0.434. The van der Waals surface area contributed by atoms with Crippen molar-refractivity contribution in [2.75, 3.05) is 6.54 Å². The Bertz CT molecular complexity index is 887. The van der Waals surface area contributed by atoms with Gasteiger partial charge in [0.15, 0.2) is 0 Å². The zero-order valence-electron chi connectivity index (χ0n) is 15.3. The Labute approximate surface area is 154 Å². The van der Waals surface area contributed by atoms with Crippen molar-refractivity contribution in [2.45, 2.75) is 26.2 Å². The predicted molar refractivity (Wildman–Crippen MR) is 106 cm³/mol. The topological polar surface area (TPSA) is 49.3 Å². The highest BCUT2D eigenvalue weighted by Crippen LogP contribution is 2.39. The van der Waals surface area contributed by atoms with Crippen LogP contribution in [0.5, 0.6) is 5.75 Å². The van der Waals surface area contributed by atoms with E-state index >= 15 is 0 Å². The minimum absolute atomic E-state index is 0.000104. The number of benzene rings is 3. The van der Waals surface area contributed by atoms with Crippen LogP contribution in [0.25, 0.3) is 10.8 Å². The first kappa shape index (κ1) is 18.0. The van der Waals surface area contributed by atoms with Crippen molar-refractivity contribution < 1.29 is 9.90 Å². The lowest BCUT2D eigenvalue weighted by atomic mass is 9.84. The fraction of sp³-hybridized carbons (Fsp3) is 0.261. The van der Waals surface area contributed by atoms with E-state index in [-0.39, 0.29) is 17.6 Å². The number of carbonyl (C=O) groups excluding carboxylic acids is 1. The van der Waals surface area contributed by atoms with Gasteiger partial charge in [-0.15, -0.1) is 0 Å². The highest BCUT2D eigenvalue weighted by Gasteiger charge is 2.23. The monoisotopic (exact) mass is 347 g/mol. The standard InChI is InChI=1S/C23H25NO2/c1-16(2)15-24-22(26)14-20(17-8-4-3-5-9-17)23-19-11-7-6-10-18(19)12-13-21(23)25/h3-13,16,20,25H,14-15H2,1-2H3,(H,24,26)/t20-/m0/s1. The molecule has 0 heterocycles. The molecule has 3 aromatic carbocycles. The van der Waals surface area contributed by atoms with Gasteiger partial charge in [-0.3, -0.25) is 4.79 Å². The Balaban J connectivity index is 2.04. The van der Waals surface area contributed by atoms with Crippen molar-refractivity contribution in [3.63, 3.8) is 0 Å². The van der Waals surface area contributed by atoms with Crippen LogP contribution in [-0.4, -0.2) is 17.6 Å². The first-order valence-electron chi connectivity index (χ1n) is 9.08. The Morgan fingerprint density at radius 3 is 2.38 bits per heavy atom. The van der Waals surface area contributed by atoms with E-state index in [1.54, 1.807) is 6.07 Å². The number of rotatable bonds is 6. The first-order valence-corrected chi connectivity index (χ1v) is 9.08. The maximum atomic E-state index is 12.6. The molecule has 0 bridgehead atoms. The fourth-order valence-corrected chi connectivity index (χ4v) is 3.30. The molecule has 26 heavy (non-hydrogen) atoms. The van der Waals surface area contributed by atoms with E-state index in [0.717, 1.165) is 21.9 Å². The van der Waals surface area contributed by atoms with Crippen molar-refractivity contribution >= 4 is 16.7 Å².